The summed E-state index contributed by atoms with van der Waals surface area (Å²) < 4.78 is 14.4. The highest BCUT2D eigenvalue weighted by atomic mass is 79.9. The quantitative estimate of drug-likeness (QED) is 0.804. The lowest BCUT2D eigenvalue weighted by atomic mass is 10.1. The molecule has 1 amide bonds. The number of nitrogens with zero attached hydrogens (tertiary/aromatic N) is 1. The molecular weight excluding hydrogens is 297 g/mol. The summed E-state index contributed by atoms with van der Waals surface area (Å²) in [6.07, 6.45) is 1.38. The monoisotopic (exact) mass is 315 g/mol. The van der Waals surface area contributed by atoms with Crippen molar-refractivity contribution in [1.82, 2.24) is 4.90 Å². The Hall–Kier alpha value is -0.900. The molecule has 0 spiro atoms. The van der Waals surface area contributed by atoms with Crippen LogP contribution in [0.4, 0.5) is 4.39 Å². The summed E-state index contributed by atoms with van der Waals surface area (Å²) in [6.45, 7) is 4.48. The van der Waals surface area contributed by atoms with Crippen LogP contribution in [0.1, 0.15) is 32.3 Å². The van der Waals surface area contributed by atoms with Crippen LogP contribution in [0.2, 0.25) is 0 Å². The first kappa shape index (κ1) is 15.2. The standard InChI is InChI=1S/C14H19BrFNO/c1-10(2)4-7-14(18)17(3)9-11-8-12(15)5-6-13(11)16/h5-6,8,10H,4,7,9H2,1-3H3. The zero-order chi connectivity index (χ0) is 13.7. The molecule has 0 aliphatic rings. The highest BCUT2D eigenvalue weighted by molar-refractivity contribution is 9.10. The van der Waals surface area contributed by atoms with Crippen molar-refractivity contribution in [3.63, 3.8) is 0 Å². The normalized spacial score (nSPS) is 10.8. The molecule has 0 saturated heterocycles. The first-order valence-electron chi connectivity index (χ1n) is 6.08. The van der Waals surface area contributed by atoms with E-state index >= 15 is 0 Å². The Balaban J connectivity index is 2.60. The molecule has 1 rings (SSSR count). The van der Waals surface area contributed by atoms with Crippen molar-refractivity contribution >= 4 is 21.8 Å². The van der Waals surface area contributed by atoms with Gasteiger partial charge in [0.1, 0.15) is 5.82 Å². The van der Waals surface area contributed by atoms with Crippen molar-refractivity contribution in [2.75, 3.05) is 7.05 Å². The SMILES string of the molecule is CC(C)CCC(=O)N(C)Cc1cc(Br)ccc1F. The van der Waals surface area contributed by atoms with E-state index < -0.39 is 0 Å². The number of benzene rings is 1. The zero-order valence-corrected chi connectivity index (χ0v) is 12.6. The van der Waals surface area contributed by atoms with Gasteiger partial charge in [0.15, 0.2) is 0 Å². The van der Waals surface area contributed by atoms with Crippen LogP contribution in [0.15, 0.2) is 22.7 Å². The highest BCUT2D eigenvalue weighted by Gasteiger charge is 2.12. The van der Waals surface area contributed by atoms with Crippen LogP contribution in [0.25, 0.3) is 0 Å². The molecule has 0 saturated carbocycles. The molecule has 2 nitrogen and oxygen atoms in total. The molecule has 1 aromatic rings. The minimum absolute atomic E-state index is 0.0584. The summed E-state index contributed by atoms with van der Waals surface area (Å²) in [5.74, 6) is 0.287. The van der Waals surface area contributed by atoms with Gasteiger partial charge in [0.05, 0.1) is 0 Å². The van der Waals surface area contributed by atoms with Crippen LogP contribution in [0.3, 0.4) is 0 Å². The number of carbonyl (C=O) groups excluding carboxylic acids is 1. The fourth-order valence-electron chi connectivity index (χ4n) is 1.61. The van der Waals surface area contributed by atoms with Crippen molar-refractivity contribution in [2.45, 2.75) is 33.2 Å². The Kier molecular flexibility index (Phi) is 5.79. The maximum Gasteiger partial charge on any atom is 0.222 e. The predicted octanol–water partition coefficient (Wildman–Crippen LogP) is 3.98. The molecule has 0 fully saturated rings. The number of hydrogen-bond donors (Lipinski definition) is 0. The van der Waals surface area contributed by atoms with Gasteiger partial charge in [-0.05, 0) is 30.5 Å². The molecule has 0 N–H and O–H groups in total. The van der Waals surface area contributed by atoms with Crippen LogP contribution in [0.5, 0.6) is 0 Å². The van der Waals surface area contributed by atoms with Crippen LogP contribution in [0, 0.1) is 11.7 Å². The second kappa shape index (κ2) is 6.88. The molecule has 100 valence electrons. The van der Waals surface area contributed by atoms with Crippen molar-refractivity contribution in [2.24, 2.45) is 5.92 Å². The molecule has 0 unspecified atom stereocenters. The lowest BCUT2D eigenvalue weighted by Gasteiger charge is -2.18. The average molecular weight is 316 g/mol. The third-order valence-electron chi connectivity index (χ3n) is 2.78. The maximum absolute atomic E-state index is 13.5. The largest absolute Gasteiger partial charge is 0.341 e. The van der Waals surface area contributed by atoms with Gasteiger partial charge in [-0.1, -0.05) is 29.8 Å². The molecule has 0 aliphatic heterocycles. The summed E-state index contributed by atoms with van der Waals surface area (Å²) in [5, 5.41) is 0. The minimum atomic E-state index is -0.276. The number of rotatable bonds is 5. The van der Waals surface area contributed by atoms with Crippen molar-refractivity contribution in [3.05, 3.63) is 34.1 Å². The third-order valence-corrected chi connectivity index (χ3v) is 3.27. The molecular formula is C14H19BrFNO. The zero-order valence-electron chi connectivity index (χ0n) is 11.0. The van der Waals surface area contributed by atoms with E-state index in [2.05, 4.69) is 29.8 Å². The predicted molar refractivity (Wildman–Crippen MR) is 74.6 cm³/mol. The van der Waals surface area contributed by atoms with Gasteiger partial charge in [0, 0.05) is 30.0 Å². The van der Waals surface area contributed by atoms with Crippen LogP contribution in [-0.4, -0.2) is 17.9 Å². The lowest BCUT2D eigenvalue weighted by molar-refractivity contribution is -0.130. The Labute approximate surface area is 116 Å². The average Bonchev–Trinajstić information content (AvgIpc) is 2.30. The van der Waals surface area contributed by atoms with Crippen LogP contribution >= 0.6 is 15.9 Å². The van der Waals surface area contributed by atoms with Crippen molar-refractivity contribution in [1.29, 1.82) is 0 Å². The van der Waals surface area contributed by atoms with E-state index in [0.717, 1.165) is 10.9 Å². The number of carbonyl (C=O) groups is 1. The van der Waals surface area contributed by atoms with E-state index in [9.17, 15) is 9.18 Å². The summed E-state index contributed by atoms with van der Waals surface area (Å²) in [6, 6.07) is 4.77. The molecule has 18 heavy (non-hydrogen) atoms. The molecule has 0 bridgehead atoms. The summed E-state index contributed by atoms with van der Waals surface area (Å²) >= 11 is 3.30. The number of halogens is 2. The fraction of sp³-hybridized carbons (Fsp3) is 0.500. The molecule has 0 aliphatic carbocycles. The van der Waals surface area contributed by atoms with Gasteiger partial charge in [-0.15, -0.1) is 0 Å². The van der Waals surface area contributed by atoms with Gasteiger partial charge < -0.3 is 4.90 Å². The van der Waals surface area contributed by atoms with E-state index in [0.29, 0.717) is 24.4 Å². The summed E-state index contributed by atoms with van der Waals surface area (Å²) in [7, 11) is 1.71. The van der Waals surface area contributed by atoms with Crippen molar-refractivity contribution in [3.8, 4) is 0 Å². The third kappa shape index (κ3) is 4.77. The smallest absolute Gasteiger partial charge is 0.222 e. The van der Waals surface area contributed by atoms with Gasteiger partial charge in [-0.2, -0.15) is 0 Å². The van der Waals surface area contributed by atoms with E-state index in [1.54, 1.807) is 24.1 Å². The molecule has 0 radical (unpaired) electrons. The van der Waals surface area contributed by atoms with Crippen LogP contribution < -0.4 is 0 Å². The highest BCUT2D eigenvalue weighted by Crippen LogP contribution is 2.17. The van der Waals surface area contributed by atoms with Gasteiger partial charge in [-0.25, -0.2) is 4.39 Å². The first-order chi connectivity index (χ1) is 8.40. The molecule has 0 heterocycles. The Morgan fingerprint density at radius 2 is 2.11 bits per heavy atom. The van der Waals surface area contributed by atoms with E-state index in [4.69, 9.17) is 0 Å². The lowest BCUT2D eigenvalue weighted by Crippen LogP contribution is -2.26. The number of amides is 1. The first-order valence-corrected chi connectivity index (χ1v) is 6.87. The van der Waals surface area contributed by atoms with Gasteiger partial charge in [0.2, 0.25) is 5.91 Å². The molecule has 0 atom stereocenters. The fourth-order valence-corrected chi connectivity index (χ4v) is 2.02. The minimum Gasteiger partial charge on any atom is -0.341 e. The Bertz CT molecular complexity index is 420. The van der Waals surface area contributed by atoms with E-state index in [1.165, 1.54) is 6.07 Å². The second-order valence-corrected chi connectivity index (χ2v) is 5.83. The molecule has 4 heteroatoms. The topological polar surface area (TPSA) is 20.3 Å². The van der Waals surface area contributed by atoms with Gasteiger partial charge in [0.25, 0.3) is 0 Å². The van der Waals surface area contributed by atoms with E-state index in [1.807, 2.05) is 0 Å². The van der Waals surface area contributed by atoms with Crippen LogP contribution in [-0.2, 0) is 11.3 Å². The second-order valence-electron chi connectivity index (χ2n) is 4.92. The Morgan fingerprint density at radius 3 is 2.72 bits per heavy atom. The summed E-state index contributed by atoms with van der Waals surface area (Å²) in [5.41, 5.74) is 0.532. The molecule has 1 aromatic carbocycles. The maximum atomic E-state index is 13.5. The van der Waals surface area contributed by atoms with E-state index in [-0.39, 0.29) is 11.7 Å². The van der Waals surface area contributed by atoms with Gasteiger partial charge in [-0.3, -0.25) is 4.79 Å². The van der Waals surface area contributed by atoms with Crippen molar-refractivity contribution < 1.29 is 9.18 Å². The summed E-state index contributed by atoms with van der Waals surface area (Å²) in [4.78, 5) is 13.4. The van der Waals surface area contributed by atoms with Gasteiger partial charge >= 0.3 is 0 Å². The Morgan fingerprint density at radius 1 is 1.44 bits per heavy atom. The number of hydrogen-bond acceptors (Lipinski definition) is 1. The molecule has 0 aromatic heterocycles.